The van der Waals surface area contributed by atoms with Gasteiger partial charge in [0.2, 0.25) is 5.91 Å². The molecule has 1 aliphatic carbocycles. The zero-order valence-electron chi connectivity index (χ0n) is 14.2. The van der Waals surface area contributed by atoms with E-state index in [-0.39, 0.29) is 11.7 Å². The van der Waals surface area contributed by atoms with E-state index in [1.807, 2.05) is 0 Å². The molecule has 0 unspecified atom stereocenters. The normalized spacial score (nSPS) is 17.8. The number of benzene rings is 2. The van der Waals surface area contributed by atoms with Gasteiger partial charge < -0.3 is 14.8 Å². The quantitative estimate of drug-likeness (QED) is 0.845. The van der Waals surface area contributed by atoms with Crippen molar-refractivity contribution in [1.29, 1.82) is 0 Å². The fourth-order valence-corrected chi connectivity index (χ4v) is 3.69. The molecule has 1 saturated carbocycles. The van der Waals surface area contributed by atoms with Gasteiger partial charge in [-0.2, -0.15) is 0 Å². The van der Waals surface area contributed by atoms with Gasteiger partial charge in [0.25, 0.3) is 0 Å². The third-order valence-corrected chi connectivity index (χ3v) is 5.42. The smallest absolute Gasteiger partial charge is 0.235 e. The van der Waals surface area contributed by atoms with Crippen LogP contribution in [0.15, 0.2) is 36.4 Å². The van der Waals surface area contributed by atoms with Crippen molar-refractivity contribution < 1.29 is 18.7 Å². The van der Waals surface area contributed by atoms with Crippen LogP contribution in [0.25, 0.3) is 0 Å². The molecule has 4 nitrogen and oxygen atoms in total. The van der Waals surface area contributed by atoms with Gasteiger partial charge in [-0.05, 0) is 30.5 Å². The van der Waals surface area contributed by atoms with Gasteiger partial charge in [0.1, 0.15) is 5.82 Å². The molecule has 1 heterocycles. The predicted molar refractivity (Wildman–Crippen MR) is 97.6 cm³/mol. The standard InChI is InChI=1S/C20H19ClFNO3/c21-15-11-17-18(26-9-3-8-25-17)12-16(15)23-19(24)20(6-2-7-20)13-4-1-5-14(22)10-13/h1,4-5,10-12H,2-3,6-9H2,(H,23,24). The number of anilines is 1. The molecule has 2 aliphatic rings. The average Bonchev–Trinajstić information content (AvgIpc) is 2.79. The van der Waals surface area contributed by atoms with E-state index in [9.17, 15) is 9.18 Å². The first kappa shape index (κ1) is 17.2. The Bertz CT molecular complexity index is 851. The molecule has 0 radical (unpaired) electrons. The van der Waals surface area contributed by atoms with Gasteiger partial charge in [-0.3, -0.25) is 4.79 Å². The topological polar surface area (TPSA) is 47.6 Å². The highest BCUT2D eigenvalue weighted by molar-refractivity contribution is 6.34. The van der Waals surface area contributed by atoms with Crippen molar-refractivity contribution >= 4 is 23.2 Å². The summed E-state index contributed by atoms with van der Waals surface area (Å²) in [5.74, 6) is 0.630. The van der Waals surface area contributed by atoms with Crippen molar-refractivity contribution in [3.8, 4) is 11.5 Å². The fourth-order valence-electron chi connectivity index (χ4n) is 3.48. The van der Waals surface area contributed by atoms with Gasteiger partial charge in [0.05, 0.1) is 29.3 Å². The first-order chi connectivity index (χ1) is 12.6. The van der Waals surface area contributed by atoms with E-state index in [1.165, 1.54) is 12.1 Å². The van der Waals surface area contributed by atoms with Crippen LogP contribution in [0.2, 0.25) is 5.02 Å². The molecular weight excluding hydrogens is 357 g/mol. The van der Waals surface area contributed by atoms with Crippen molar-refractivity contribution in [2.45, 2.75) is 31.1 Å². The predicted octanol–water partition coefficient (Wildman–Crippen LogP) is 4.70. The summed E-state index contributed by atoms with van der Waals surface area (Å²) in [6.45, 7) is 1.12. The lowest BCUT2D eigenvalue weighted by atomic mass is 9.63. The molecule has 4 rings (SSSR count). The maximum Gasteiger partial charge on any atom is 0.235 e. The molecule has 0 aromatic heterocycles. The first-order valence-electron chi connectivity index (χ1n) is 8.75. The summed E-state index contributed by atoms with van der Waals surface area (Å²) in [6, 6.07) is 9.62. The Balaban J connectivity index is 1.62. The van der Waals surface area contributed by atoms with Crippen molar-refractivity contribution in [3.63, 3.8) is 0 Å². The van der Waals surface area contributed by atoms with Gasteiger partial charge in [0.15, 0.2) is 11.5 Å². The lowest BCUT2D eigenvalue weighted by molar-refractivity contribution is -0.124. The summed E-state index contributed by atoms with van der Waals surface area (Å²) in [5.41, 5.74) is 0.463. The van der Waals surface area contributed by atoms with Crippen LogP contribution in [0, 0.1) is 5.82 Å². The molecule has 2 aromatic carbocycles. The largest absolute Gasteiger partial charge is 0.490 e. The first-order valence-corrected chi connectivity index (χ1v) is 9.13. The van der Waals surface area contributed by atoms with E-state index in [2.05, 4.69) is 5.32 Å². The van der Waals surface area contributed by atoms with Gasteiger partial charge >= 0.3 is 0 Å². The number of carbonyl (C=O) groups excluding carboxylic acids is 1. The van der Waals surface area contributed by atoms with E-state index in [1.54, 1.807) is 24.3 Å². The van der Waals surface area contributed by atoms with Crippen molar-refractivity contribution in [2.24, 2.45) is 0 Å². The second-order valence-electron chi connectivity index (χ2n) is 6.73. The lowest BCUT2D eigenvalue weighted by Crippen LogP contribution is -2.46. The van der Waals surface area contributed by atoms with Gasteiger partial charge in [0, 0.05) is 18.6 Å². The second-order valence-corrected chi connectivity index (χ2v) is 7.14. The average molecular weight is 376 g/mol. The zero-order valence-corrected chi connectivity index (χ0v) is 14.9. The van der Waals surface area contributed by atoms with Crippen LogP contribution >= 0.6 is 11.6 Å². The maximum atomic E-state index is 13.7. The highest BCUT2D eigenvalue weighted by Crippen LogP contribution is 2.46. The molecule has 0 atom stereocenters. The minimum atomic E-state index is -0.713. The third-order valence-electron chi connectivity index (χ3n) is 5.10. The molecule has 26 heavy (non-hydrogen) atoms. The summed E-state index contributed by atoms with van der Waals surface area (Å²) in [5, 5.41) is 3.30. The van der Waals surface area contributed by atoms with Crippen molar-refractivity contribution in [1.82, 2.24) is 0 Å². The summed E-state index contributed by atoms with van der Waals surface area (Å²) >= 11 is 6.33. The van der Waals surface area contributed by atoms with Crippen molar-refractivity contribution in [3.05, 3.63) is 52.8 Å². The molecule has 136 valence electrons. The lowest BCUT2D eigenvalue weighted by Gasteiger charge is -2.40. The van der Waals surface area contributed by atoms with E-state index >= 15 is 0 Å². The van der Waals surface area contributed by atoms with Crippen LogP contribution in [0.4, 0.5) is 10.1 Å². The third kappa shape index (κ3) is 3.01. The zero-order chi connectivity index (χ0) is 18.1. The summed E-state index contributed by atoms with van der Waals surface area (Å²) in [7, 11) is 0. The Kier molecular flexibility index (Phi) is 4.49. The Labute approximate surface area is 156 Å². The van der Waals surface area contributed by atoms with E-state index in [0.717, 1.165) is 12.8 Å². The van der Waals surface area contributed by atoms with E-state index in [4.69, 9.17) is 21.1 Å². The molecule has 1 N–H and O–H groups in total. The molecule has 2 aromatic rings. The molecule has 0 saturated heterocycles. The number of hydrogen-bond acceptors (Lipinski definition) is 3. The second kappa shape index (κ2) is 6.80. The van der Waals surface area contributed by atoms with E-state index < -0.39 is 5.41 Å². The molecule has 6 heteroatoms. The molecule has 1 aliphatic heterocycles. The number of ether oxygens (including phenoxy) is 2. The maximum absolute atomic E-state index is 13.7. The Morgan fingerprint density at radius 2 is 1.81 bits per heavy atom. The minimum absolute atomic E-state index is 0.175. The molecular formula is C20H19ClFNO3. The number of amides is 1. The van der Waals surface area contributed by atoms with Crippen LogP contribution in [0.1, 0.15) is 31.2 Å². The monoisotopic (exact) mass is 375 g/mol. The van der Waals surface area contributed by atoms with E-state index in [0.29, 0.717) is 53.8 Å². The van der Waals surface area contributed by atoms with Gasteiger partial charge in [-0.15, -0.1) is 0 Å². The summed E-state index contributed by atoms with van der Waals surface area (Å²) < 4.78 is 24.9. The summed E-state index contributed by atoms with van der Waals surface area (Å²) in [4.78, 5) is 13.1. The Morgan fingerprint density at radius 1 is 1.08 bits per heavy atom. The van der Waals surface area contributed by atoms with Crippen molar-refractivity contribution in [2.75, 3.05) is 18.5 Å². The Morgan fingerprint density at radius 3 is 2.46 bits per heavy atom. The molecule has 0 bridgehead atoms. The highest BCUT2D eigenvalue weighted by atomic mass is 35.5. The Hall–Kier alpha value is -2.27. The van der Waals surface area contributed by atoms with Crippen LogP contribution in [0.3, 0.4) is 0 Å². The number of hydrogen-bond donors (Lipinski definition) is 1. The molecule has 0 spiro atoms. The van der Waals surface area contributed by atoms with Crippen LogP contribution in [-0.4, -0.2) is 19.1 Å². The number of nitrogens with one attached hydrogen (secondary N) is 1. The molecule has 1 fully saturated rings. The van der Waals surface area contributed by atoms with Crippen LogP contribution in [-0.2, 0) is 10.2 Å². The highest BCUT2D eigenvalue weighted by Gasteiger charge is 2.46. The van der Waals surface area contributed by atoms with Crippen LogP contribution in [0.5, 0.6) is 11.5 Å². The van der Waals surface area contributed by atoms with Gasteiger partial charge in [-0.25, -0.2) is 4.39 Å². The summed E-state index contributed by atoms with van der Waals surface area (Å²) in [6.07, 6.45) is 3.09. The number of rotatable bonds is 3. The number of fused-ring (bicyclic) bond motifs is 1. The molecule has 1 amide bonds. The van der Waals surface area contributed by atoms with Gasteiger partial charge in [-0.1, -0.05) is 30.2 Å². The minimum Gasteiger partial charge on any atom is -0.490 e. The van der Waals surface area contributed by atoms with Crippen LogP contribution < -0.4 is 14.8 Å². The SMILES string of the molecule is O=C(Nc1cc2c(cc1Cl)OCCCO2)C1(c2cccc(F)c2)CCC1. The number of halogens is 2. The number of carbonyl (C=O) groups is 1. The fraction of sp³-hybridized carbons (Fsp3) is 0.350.